The van der Waals surface area contributed by atoms with Crippen LogP contribution in [0.25, 0.3) is 0 Å². The molecule has 134 valence electrons. The Morgan fingerprint density at radius 1 is 0.500 bits per heavy atom. The van der Waals surface area contributed by atoms with E-state index in [1.165, 1.54) is 90.4 Å². The van der Waals surface area contributed by atoms with Crippen molar-refractivity contribution in [3.63, 3.8) is 0 Å². The van der Waals surface area contributed by atoms with Gasteiger partial charge < -0.3 is 0 Å². The van der Waals surface area contributed by atoms with Crippen molar-refractivity contribution < 1.29 is 3.07 Å². The zero-order chi connectivity index (χ0) is 16.5. The van der Waals surface area contributed by atoms with Gasteiger partial charge in [-0.1, -0.05) is 0 Å². The molecule has 0 atom stereocenters. The van der Waals surface area contributed by atoms with Crippen LogP contribution < -0.4 is 0 Å². The van der Waals surface area contributed by atoms with Crippen LogP contribution in [0.5, 0.6) is 0 Å². The Bertz CT molecular complexity index is 212. The second-order valence-electron chi connectivity index (χ2n) is 7.11. The Balaban J connectivity index is 3.86. The molecular formula is C20H44OSn. The van der Waals surface area contributed by atoms with E-state index >= 15 is 0 Å². The molecule has 0 aliphatic rings. The molecule has 0 fully saturated rings. The third kappa shape index (κ3) is 12.2. The van der Waals surface area contributed by atoms with Gasteiger partial charge in [-0.25, -0.2) is 0 Å². The molecule has 0 rings (SSSR count). The number of rotatable bonds is 17. The van der Waals surface area contributed by atoms with Crippen LogP contribution in [0, 0.1) is 0 Å². The normalized spacial score (nSPS) is 12.0. The fourth-order valence-corrected chi connectivity index (χ4v) is 16.6. The van der Waals surface area contributed by atoms with Gasteiger partial charge in [0, 0.05) is 0 Å². The van der Waals surface area contributed by atoms with Crippen LogP contribution in [-0.2, 0) is 3.07 Å². The Morgan fingerprint density at radius 3 is 1.50 bits per heavy atom. The molecule has 0 aromatic heterocycles. The van der Waals surface area contributed by atoms with Gasteiger partial charge in [0.25, 0.3) is 0 Å². The van der Waals surface area contributed by atoms with E-state index in [1.54, 1.807) is 0 Å². The predicted molar refractivity (Wildman–Crippen MR) is 104 cm³/mol. The molecule has 0 aromatic carbocycles. The van der Waals surface area contributed by atoms with Crippen LogP contribution in [0.15, 0.2) is 0 Å². The van der Waals surface area contributed by atoms with Crippen molar-refractivity contribution in [1.29, 1.82) is 0 Å². The van der Waals surface area contributed by atoms with E-state index in [9.17, 15) is 0 Å². The van der Waals surface area contributed by atoms with E-state index in [0.29, 0.717) is 0 Å². The molecule has 0 N–H and O–H groups in total. The molecule has 0 radical (unpaired) electrons. The molecule has 0 saturated heterocycles. The molecule has 0 amide bonds. The molecule has 2 heteroatoms. The predicted octanol–water partition coefficient (Wildman–Crippen LogP) is 7.71. The van der Waals surface area contributed by atoms with Crippen molar-refractivity contribution in [1.82, 2.24) is 0 Å². The summed E-state index contributed by atoms with van der Waals surface area (Å²) in [5.41, 5.74) is 0. The van der Waals surface area contributed by atoms with Crippen LogP contribution >= 0.6 is 0 Å². The topological polar surface area (TPSA) is 9.23 Å². The number of hydrogen-bond donors (Lipinski definition) is 0. The fourth-order valence-electron chi connectivity index (χ4n) is 3.53. The van der Waals surface area contributed by atoms with Gasteiger partial charge in [0.2, 0.25) is 0 Å². The molecule has 0 saturated carbocycles. The summed E-state index contributed by atoms with van der Waals surface area (Å²) in [4.78, 5) is 0. The molecule has 0 aliphatic heterocycles. The first-order valence-corrected chi connectivity index (χ1v) is 17.6. The van der Waals surface area contributed by atoms with Crippen LogP contribution in [0.1, 0.15) is 105 Å². The van der Waals surface area contributed by atoms with E-state index in [1.807, 2.05) is 0 Å². The van der Waals surface area contributed by atoms with Gasteiger partial charge in [0.15, 0.2) is 0 Å². The quantitative estimate of drug-likeness (QED) is 0.173. The zero-order valence-corrected chi connectivity index (χ0v) is 19.1. The van der Waals surface area contributed by atoms with Crippen LogP contribution in [0.2, 0.25) is 13.3 Å². The van der Waals surface area contributed by atoms with Gasteiger partial charge in [-0.2, -0.15) is 0 Å². The Hall–Kier alpha value is 0.759. The number of hydrogen-bond acceptors (Lipinski definition) is 1. The average molecular weight is 419 g/mol. The summed E-state index contributed by atoms with van der Waals surface area (Å²) in [6, 6.07) is 0. The van der Waals surface area contributed by atoms with E-state index < -0.39 is 18.8 Å². The van der Waals surface area contributed by atoms with Crippen LogP contribution in [0.3, 0.4) is 0 Å². The summed E-state index contributed by atoms with van der Waals surface area (Å²) in [5.74, 6) is 0. The van der Waals surface area contributed by atoms with Crippen LogP contribution in [-0.4, -0.2) is 25.4 Å². The van der Waals surface area contributed by atoms with Gasteiger partial charge in [0.1, 0.15) is 0 Å². The van der Waals surface area contributed by atoms with Crippen molar-refractivity contribution in [3.05, 3.63) is 0 Å². The van der Waals surface area contributed by atoms with E-state index in [2.05, 4.69) is 27.7 Å². The van der Waals surface area contributed by atoms with Crippen molar-refractivity contribution in [2.24, 2.45) is 0 Å². The molecule has 0 heterocycles. The monoisotopic (exact) mass is 420 g/mol. The average Bonchev–Trinajstić information content (AvgIpc) is 2.52. The molecule has 0 bridgehead atoms. The molecule has 0 aromatic rings. The van der Waals surface area contributed by atoms with Gasteiger partial charge in [-0.05, 0) is 0 Å². The molecule has 0 unspecified atom stereocenters. The first-order valence-electron chi connectivity index (χ1n) is 10.4. The van der Waals surface area contributed by atoms with Crippen molar-refractivity contribution in [2.45, 2.75) is 118 Å². The van der Waals surface area contributed by atoms with Gasteiger partial charge in [0.05, 0.1) is 0 Å². The van der Waals surface area contributed by atoms with Crippen LogP contribution in [0.4, 0.5) is 0 Å². The first kappa shape index (κ1) is 22.8. The Morgan fingerprint density at radius 2 is 1.00 bits per heavy atom. The zero-order valence-electron chi connectivity index (χ0n) is 16.2. The second kappa shape index (κ2) is 16.6. The summed E-state index contributed by atoms with van der Waals surface area (Å²) in [6.45, 7) is 10.4. The van der Waals surface area contributed by atoms with Gasteiger partial charge in [-0.3, -0.25) is 0 Å². The third-order valence-electron chi connectivity index (χ3n) is 4.80. The molecule has 0 aliphatic carbocycles. The summed E-state index contributed by atoms with van der Waals surface area (Å²) in [5, 5.41) is 0. The Labute approximate surface area is 146 Å². The summed E-state index contributed by atoms with van der Waals surface area (Å²) < 4.78 is 11.1. The molecule has 1 nitrogen and oxygen atoms in total. The van der Waals surface area contributed by atoms with Gasteiger partial charge in [-0.15, -0.1) is 0 Å². The Kier molecular flexibility index (Phi) is 17.2. The summed E-state index contributed by atoms with van der Waals surface area (Å²) >= 11 is -2.22. The second-order valence-corrected chi connectivity index (χ2v) is 19.0. The maximum absolute atomic E-state index is 6.67. The van der Waals surface area contributed by atoms with E-state index in [-0.39, 0.29) is 0 Å². The SMILES string of the molecule is CCCCCCCCCC[O][Sn]([CH2]CC)([CH2]CC)[CH2]CCC. The van der Waals surface area contributed by atoms with E-state index in [0.717, 1.165) is 6.61 Å². The maximum atomic E-state index is 6.67. The molecular weight excluding hydrogens is 375 g/mol. The molecule has 0 spiro atoms. The molecule has 22 heavy (non-hydrogen) atoms. The first-order chi connectivity index (χ1) is 10.7. The van der Waals surface area contributed by atoms with Gasteiger partial charge >= 0.3 is 147 Å². The fraction of sp³-hybridized carbons (Fsp3) is 1.00. The number of unbranched alkanes of at least 4 members (excludes halogenated alkanes) is 8. The van der Waals surface area contributed by atoms with Crippen molar-refractivity contribution >= 4 is 18.8 Å². The van der Waals surface area contributed by atoms with E-state index in [4.69, 9.17) is 3.07 Å². The standard InChI is InChI=1S/C10H21O.C4H9.2C3H7.Sn/c1-2-3-4-5-6-7-8-9-10-11;1-3-4-2;2*1-3-2;/h2-10H2,1H3;1,3-4H2,2H3;2*1,3H2,2H3;/q-1;;;;+1. The van der Waals surface area contributed by atoms with Crippen molar-refractivity contribution in [2.75, 3.05) is 6.61 Å². The summed E-state index contributed by atoms with van der Waals surface area (Å²) in [7, 11) is 0. The third-order valence-corrected chi connectivity index (χ3v) is 18.8. The summed E-state index contributed by atoms with van der Waals surface area (Å²) in [6.07, 6.45) is 16.7. The minimum absolute atomic E-state index is 1.08. The van der Waals surface area contributed by atoms with Crippen molar-refractivity contribution in [3.8, 4) is 0 Å². The minimum atomic E-state index is -2.22.